The summed E-state index contributed by atoms with van der Waals surface area (Å²) in [6.07, 6.45) is -3.84. The fourth-order valence-electron chi connectivity index (χ4n) is 4.39. The Morgan fingerprint density at radius 3 is 2.58 bits per heavy atom. The maximum atomic E-state index is 14.2. The van der Waals surface area contributed by atoms with Crippen LogP contribution in [0.1, 0.15) is 26.6 Å². The first-order valence-corrected chi connectivity index (χ1v) is 13.0. The SMILES string of the molecule is [2H]C([2H])([2H])N1C[C@@H](C(=O)N(CC#Cc2nnc(OC)c(C)c2NC(=O)C=C)c2ccc(F)cc2)N(c2cc(C(F)(F)F)cc(C)n2)C1=O. The molecule has 0 aliphatic carbocycles. The molecular weight excluding hydrogens is 598 g/mol. The molecule has 3 aromatic rings. The van der Waals surface area contributed by atoms with Gasteiger partial charge in [-0.15, -0.1) is 10.2 Å². The van der Waals surface area contributed by atoms with Crippen LogP contribution in [0.4, 0.5) is 39.5 Å². The molecule has 0 bridgehead atoms. The van der Waals surface area contributed by atoms with Gasteiger partial charge in [0.1, 0.15) is 17.7 Å². The normalized spacial score (nSPS) is 15.8. The number of anilines is 3. The Balaban J connectivity index is 1.81. The summed E-state index contributed by atoms with van der Waals surface area (Å²) < 4.78 is 83.6. The van der Waals surface area contributed by atoms with Crippen molar-refractivity contribution in [1.29, 1.82) is 0 Å². The van der Waals surface area contributed by atoms with E-state index in [0.717, 1.165) is 29.2 Å². The lowest BCUT2D eigenvalue weighted by atomic mass is 10.1. The molecule has 2 aromatic heterocycles. The number of nitrogens with one attached hydrogen (secondary N) is 1. The average molecular weight is 629 g/mol. The van der Waals surface area contributed by atoms with Crippen LogP contribution < -0.4 is 19.9 Å². The predicted octanol–water partition coefficient (Wildman–Crippen LogP) is 4.10. The van der Waals surface area contributed by atoms with Gasteiger partial charge in [0.2, 0.25) is 11.8 Å². The third kappa shape index (κ3) is 7.01. The van der Waals surface area contributed by atoms with E-state index in [1.54, 1.807) is 6.92 Å². The summed E-state index contributed by atoms with van der Waals surface area (Å²) in [7, 11) is 1.34. The van der Waals surface area contributed by atoms with Gasteiger partial charge in [-0.3, -0.25) is 19.4 Å². The van der Waals surface area contributed by atoms with E-state index < -0.39 is 67.3 Å². The van der Waals surface area contributed by atoms with Crippen LogP contribution >= 0.6 is 0 Å². The number of hydrogen-bond donors (Lipinski definition) is 1. The molecule has 234 valence electrons. The summed E-state index contributed by atoms with van der Waals surface area (Å²) in [6.45, 7) is 1.93. The minimum Gasteiger partial charge on any atom is -0.480 e. The second-order valence-corrected chi connectivity index (χ2v) is 9.59. The van der Waals surface area contributed by atoms with Crippen LogP contribution in [0, 0.1) is 31.5 Å². The van der Waals surface area contributed by atoms with Crippen molar-refractivity contribution in [2.24, 2.45) is 0 Å². The summed E-state index contributed by atoms with van der Waals surface area (Å²) in [6, 6.07) is 2.80. The van der Waals surface area contributed by atoms with Crippen LogP contribution in [0.15, 0.2) is 49.1 Å². The molecule has 0 spiro atoms. The highest BCUT2D eigenvalue weighted by Crippen LogP contribution is 2.34. The number of alkyl halides is 3. The van der Waals surface area contributed by atoms with Gasteiger partial charge in [0.05, 0.1) is 31.5 Å². The second kappa shape index (κ2) is 13.0. The second-order valence-electron chi connectivity index (χ2n) is 9.59. The summed E-state index contributed by atoms with van der Waals surface area (Å²) >= 11 is 0. The molecule has 4 amide bonds. The summed E-state index contributed by atoms with van der Waals surface area (Å²) in [5, 5.41) is 10.4. The highest BCUT2D eigenvalue weighted by atomic mass is 19.4. The first-order chi connectivity index (χ1) is 22.5. The zero-order valence-corrected chi connectivity index (χ0v) is 24.1. The Morgan fingerprint density at radius 2 is 1.96 bits per heavy atom. The molecule has 1 fully saturated rings. The summed E-state index contributed by atoms with van der Waals surface area (Å²) in [5.41, 5.74) is -0.806. The number of carbonyl (C=O) groups is 3. The van der Waals surface area contributed by atoms with E-state index in [1.807, 2.05) is 0 Å². The Morgan fingerprint density at radius 1 is 1.24 bits per heavy atom. The summed E-state index contributed by atoms with van der Waals surface area (Å²) in [5.74, 6) is 2.67. The number of methoxy groups -OCH3 is 1. The minimum atomic E-state index is -4.85. The molecule has 1 atom stereocenters. The molecule has 15 heteroatoms. The fourth-order valence-corrected chi connectivity index (χ4v) is 4.39. The molecule has 0 saturated carbocycles. The van der Waals surface area contributed by atoms with Crippen LogP contribution in [0.5, 0.6) is 5.88 Å². The molecule has 1 N–H and O–H groups in total. The highest BCUT2D eigenvalue weighted by molar-refractivity contribution is 6.08. The molecule has 3 heterocycles. The first-order valence-electron chi connectivity index (χ1n) is 14.5. The maximum Gasteiger partial charge on any atom is 0.416 e. The number of aromatic nitrogens is 3. The van der Waals surface area contributed by atoms with Gasteiger partial charge in [0.25, 0.3) is 5.91 Å². The Kier molecular flexibility index (Phi) is 8.17. The highest BCUT2D eigenvalue weighted by Gasteiger charge is 2.44. The van der Waals surface area contributed by atoms with E-state index in [9.17, 15) is 31.9 Å². The lowest BCUT2D eigenvalue weighted by Crippen LogP contribution is -2.48. The number of urea groups is 1. The zero-order valence-electron chi connectivity index (χ0n) is 27.1. The van der Waals surface area contributed by atoms with Gasteiger partial charge in [-0.1, -0.05) is 12.5 Å². The van der Waals surface area contributed by atoms with Crippen LogP contribution in [0.3, 0.4) is 0 Å². The standard InChI is InChI=1S/C30H27F4N7O4/c1-6-25(42)36-26-18(3)27(45-5)38-37-22(26)8-7-13-40(21-11-9-20(31)10-12-21)28(43)23-16-39(4)29(44)41(23)24-15-19(30(32,33)34)14-17(2)35-24/h6,9-12,14-15,23H,1,13,16H2,2-5H3,(H,36,38,42)/t23-/m0/s1/i4D3. The van der Waals surface area contributed by atoms with Gasteiger partial charge < -0.3 is 15.0 Å². The Labute approximate surface area is 259 Å². The van der Waals surface area contributed by atoms with Crippen molar-refractivity contribution in [2.45, 2.75) is 26.1 Å². The molecular formula is C30H27F4N7O4. The van der Waals surface area contributed by atoms with Gasteiger partial charge in [-0.05, 0) is 62.2 Å². The smallest absolute Gasteiger partial charge is 0.416 e. The molecule has 45 heavy (non-hydrogen) atoms. The number of aryl methyl sites for hydroxylation is 1. The van der Waals surface area contributed by atoms with Crippen molar-refractivity contribution in [3.05, 3.63) is 77.4 Å². The third-order valence-electron chi connectivity index (χ3n) is 6.55. The molecule has 1 aliphatic rings. The Hall–Kier alpha value is -5.52. The molecule has 1 aromatic carbocycles. The lowest BCUT2D eigenvalue weighted by Gasteiger charge is -2.28. The van der Waals surface area contributed by atoms with Gasteiger partial charge in [0, 0.05) is 28.0 Å². The monoisotopic (exact) mass is 628 g/mol. The van der Waals surface area contributed by atoms with Crippen LogP contribution in [0.2, 0.25) is 0 Å². The first kappa shape index (κ1) is 28.3. The minimum absolute atomic E-state index is 0.0371. The third-order valence-corrected chi connectivity index (χ3v) is 6.55. The molecule has 1 aliphatic heterocycles. The van der Waals surface area contributed by atoms with E-state index in [1.165, 1.54) is 26.2 Å². The summed E-state index contributed by atoms with van der Waals surface area (Å²) in [4.78, 5) is 45.7. The van der Waals surface area contributed by atoms with Crippen LogP contribution in [-0.2, 0) is 15.8 Å². The number of hydrogen-bond acceptors (Lipinski definition) is 7. The lowest BCUT2D eigenvalue weighted by molar-refractivity contribution is -0.137. The number of amides is 4. The largest absolute Gasteiger partial charge is 0.480 e. The number of nitrogens with zero attached hydrogens (tertiary/aromatic N) is 6. The van der Waals surface area contributed by atoms with E-state index in [0.29, 0.717) is 21.4 Å². The molecule has 4 rings (SSSR count). The number of carbonyl (C=O) groups excluding carboxylic acids is 3. The van der Waals surface area contributed by atoms with E-state index >= 15 is 0 Å². The topological polar surface area (TPSA) is 121 Å². The van der Waals surface area contributed by atoms with Crippen molar-refractivity contribution in [1.82, 2.24) is 20.1 Å². The van der Waals surface area contributed by atoms with Crippen LogP contribution in [0.25, 0.3) is 0 Å². The number of pyridine rings is 1. The average Bonchev–Trinajstić information content (AvgIpc) is 3.38. The van der Waals surface area contributed by atoms with Crippen molar-refractivity contribution in [2.75, 3.05) is 42.3 Å². The van der Waals surface area contributed by atoms with Crippen molar-refractivity contribution >= 4 is 35.0 Å². The quantitative estimate of drug-likeness (QED) is 0.238. The molecule has 0 radical (unpaired) electrons. The van der Waals surface area contributed by atoms with Gasteiger partial charge in [-0.2, -0.15) is 13.2 Å². The van der Waals surface area contributed by atoms with Crippen LogP contribution in [-0.4, -0.2) is 71.1 Å². The molecule has 1 saturated heterocycles. The van der Waals surface area contributed by atoms with Gasteiger partial charge >= 0.3 is 12.2 Å². The van der Waals surface area contributed by atoms with Crippen molar-refractivity contribution < 1.29 is 40.8 Å². The number of ether oxygens (including phenoxy) is 1. The Bertz CT molecular complexity index is 1830. The van der Waals surface area contributed by atoms with Gasteiger partial charge in [0.15, 0.2) is 5.69 Å². The fraction of sp³-hybridized carbons (Fsp3) is 0.267. The maximum absolute atomic E-state index is 14.2. The van der Waals surface area contributed by atoms with E-state index in [4.69, 9.17) is 8.85 Å². The predicted molar refractivity (Wildman–Crippen MR) is 156 cm³/mol. The number of benzene rings is 1. The zero-order chi connectivity index (χ0) is 35.6. The molecule has 11 nitrogen and oxygen atoms in total. The van der Waals surface area contributed by atoms with E-state index in [-0.39, 0.29) is 28.6 Å². The van der Waals surface area contributed by atoms with Crippen molar-refractivity contribution in [3.63, 3.8) is 0 Å². The number of likely N-dealkylation sites (N-methyl/N-ethyl adjacent to an activating group) is 1. The van der Waals surface area contributed by atoms with Crippen molar-refractivity contribution in [3.8, 4) is 17.7 Å². The number of rotatable bonds is 7. The molecule has 0 unspecified atom stereocenters. The van der Waals surface area contributed by atoms with Gasteiger partial charge in [-0.25, -0.2) is 14.2 Å². The van der Waals surface area contributed by atoms with E-state index in [2.05, 4.69) is 38.9 Å². The number of halogens is 4.